The Bertz CT molecular complexity index is 2080. The monoisotopic (exact) mass is 1180 g/mol. The van der Waals surface area contributed by atoms with E-state index in [0.29, 0.717) is 68.8 Å². The first-order valence-corrected chi connectivity index (χ1v) is 25.7. The smallest absolute Gasteiger partial charge is 0.326 e. The molecule has 3 atom stereocenters. The molecule has 0 aliphatic carbocycles. The average molecular weight is 1180 g/mol. The number of carboxylic acid groups (broad SMARTS) is 7. The standard InChI is InChI=1S/C48H76N10O17S.Y/c59-38(49-18-6-5-9-36(45(71)72)53-47(75)54-37(46(73)74)16-17-40(61)62)10-3-1-2-4-11-39(60)50-19-7-8-20-51-48(76)52-34-14-12-33(13-15-34)27-35-28-57(31-43(67)68)24-23-55(29-41(63)64)21-22-56(30-42(65)66)25-26-58(35)32-44(69)70;/h12-15,35-37H,1-11,16-32H2,(H,49,59)(H,50,60)(H,61,62)(H,63,64)(H,65,66)(H,67,68)(H,69,70)(H,71,72)(H,73,74)(H2,51,52,76)(H2,53,54,75);/t35?,36-,37-;/m0./s1/i;1-3. The van der Waals surface area contributed by atoms with Crippen LogP contribution in [-0.2, 0) is 82.3 Å². The summed E-state index contributed by atoms with van der Waals surface area (Å²) in [5, 5.41) is 82.5. The molecule has 29 heteroatoms. The summed E-state index contributed by atoms with van der Waals surface area (Å²) in [5.41, 5.74) is 1.50. The fraction of sp³-hybridized carbons (Fsp3) is 0.646. The summed E-state index contributed by atoms with van der Waals surface area (Å²) in [6.45, 7) is 1.24. The van der Waals surface area contributed by atoms with Gasteiger partial charge < -0.3 is 67.6 Å². The first kappa shape index (κ1) is 69.4. The van der Waals surface area contributed by atoms with Crippen LogP contribution in [0.3, 0.4) is 0 Å². The van der Waals surface area contributed by atoms with Crippen molar-refractivity contribution < 1.29 is 116 Å². The van der Waals surface area contributed by atoms with E-state index in [9.17, 15) is 78.6 Å². The van der Waals surface area contributed by atoms with E-state index in [1.165, 1.54) is 0 Å². The molecule has 1 aliphatic heterocycles. The van der Waals surface area contributed by atoms with E-state index in [2.05, 4.69) is 31.9 Å². The SMILES string of the molecule is O=C(O)CC[C@H](NC(=O)N[C@@H](CCCCNC(=O)CCCCCCC(=O)NCCCCNC(=S)Nc1ccc(CC2CN(CC(=O)O)CCN(CC(=O)O)CCN(CC(=O)O)CCN2CC(=O)O)cc1)C(=O)O)C(=O)O.[86Y]. The summed E-state index contributed by atoms with van der Waals surface area (Å²) >= 11 is 5.47. The van der Waals surface area contributed by atoms with Crippen LogP contribution in [0.2, 0.25) is 0 Å². The number of rotatable bonds is 35. The van der Waals surface area contributed by atoms with Crippen LogP contribution in [0, 0.1) is 0 Å². The first-order chi connectivity index (χ1) is 36.1. The third-order valence-corrected chi connectivity index (χ3v) is 12.4. The number of nitrogens with zero attached hydrogens (tertiary/aromatic N) is 4. The van der Waals surface area contributed by atoms with Gasteiger partial charge in [0.05, 0.1) is 26.2 Å². The van der Waals surface area contributed by atoms with Crippen molar-refractivity contribution in [2.24, 2.45) is 0 Å². The third kappa shape index (κ3) is 34.0. The predicted octanol–water partition coefficient (Wildman–Crippen LogP) is 0.0355. The number of nitrogens with one attached hydrogen (secondary N) is 6. The molecule has 1 aromatic rings. The molecule has 27 nitrogen and oxygen atoms in total. The van der Waals surface area contributed by atoms with Gasteiger partial charge in [-0.15, -0.1) is 0 Å². The van der Waals surface area contributed by atoms with Crippen molar-refractivity contribution in [3.8, 4) is 0 Å². The molecule has 77 heavy (non-hydrogen) atoms. The maximum Gasteiger partial charge on any atom is 0.326 e. The van der Waals surface area contributed by atoms with Crippen molar-refractivity contribution in [1.29, 1.82) is 0 Å². The normalized spacial score (nSPS) is 15.6. The van der Waals surface area contributed by atoms with Crippen LogP contribution in [0.4, 0.5) is 10.5 Å². The summed E-state index contributed by atoms with van der Waals surface area (Å²) < 4.78 is 0. The van der Waals surface area contributed by atoms with Crippen molar-refractivity contribution in [2.45, 2.75) is 108 Å². The fourth-order valence-electron chi connectivity index (χ4n) is 8.15. The number of carboxylic acids is 7. The van der Waals surface area contributed by atoms with E-state index in [1.54, 1.807) is 19.6 Å². The van der Waals surface area contributed by atoms with Gasteiger partial charge in [0, 0.05) is 129 Å². The molecule has 0 aromatic heterocycles. The van der Waals surface area contributed by atoms with Crippen molar-refractivity contribution in [3.05, 3.63) is 29.8 Å². The van der Waals surface area contributed by atoms with Crippen LogP contribution >= 0.6 is 12.2 Å². The molecule has 13 N–H and O–H groups in total. The molecule has 1 aliphatic rings. The molecule has 1 saturated heterocycles. The Morgan fingerprint density at radius 2 is 0.948 bits per heavy atom. The van der Waals surface area contributed by atoms with E-state index in [-0.39, 0.29) is 142 Å². The Morgan fingerprint density at radius 3 is 1.43 bits per heavy atom. The summed E-state index contributed by atoms with van der Waals surface area (Å²) in [5.74, 6) is -8.64. The van der Waals surface area contributed by atoms with Gasteiger partial charge in [-0.05, 0) is 87.7 Å². The van der Waals surface area contributed by atoms with E-state index in [0.717, 1.165) is 24.8 Å². The Morgan fingerprint density at radius 1 is 0.506 bits per heavy atom. The molecule has 1 fully saturated rings. The van der Waals surface area contributed by atoms with Gasteiger partial charge in [-0.25, -0.2) is 14.4 Å². The number of unbranched alkanes of at least 4 members (excludes halogenated alkanes) is 5. The molecular formula is C48H76N10O17SY. The molecule has 4 amide bonds. The van der Waals surface area contributed by atoms with Crippen molar-refractivity contribution in [2.75, 3.05) is 96.9 Å². The van der Waals surface area contributed by atoms with Crippen LogP contribution in [0.1, 0.15) is 89.0 Å². The molecule has 1 radical (unpaired) electrons. The molecule has 0 bridgehead atoms. The second-order valence-corrected chi connectivity index (χ2v) is 18.8. The zero-order chi connectivity index (χ0) is 56.4. The number of hydrogen-bond acceptors (Lipinski definition) is 15. The molecule has 0 spiro atoms. The van der Waals surface area contributed by atoms with Crippen molar-refractivity contribution in [1.82, 2.24) is 46.2 Å². The second-order valence-electron chi connectivity index (χ2n) is 18.4. The summed E-state index contributed by atoms with van der Waals surface area (Å²) in [7, 11) is 0. The molecular weight excluding hydrogens is 1110 g/mol. The number of carbonyl (C=O) groups excluding carboxylic acids is 3. The number of anilines is 1. The third-order valence-electron chi connectivity index (χ3n) is 12.1. The van der Waals surface area contributed by atoms with Crippen LogP contribution in [0.5, 0.6) is 0 Å². The van der Waals surface area contributed by atoms with E-state index in [4.69, 9.17) is 17.3 Å². The summed E-state index contributed by atoms with van der Waals surface area (Å²) in [6, 6.07) is 2.91. The van der Waals surface area contributed by atoms with Gasteiger partial charge in [0.1, 0.15) is 12.1 Å². The van der Waals surface area contributed by atoms with Gasteiger partial charge in [-0.3, -0.25) is 53.2 Å². The minimum atomic E-state index is -1.51. The number of aliphatic carboxylic acids is 7. The number of amides is 4. The van der Waals surface area contributed by atoms with Crippen molar-refractivity contribution >= 4 is 82.6 Å². The molecule has 1 heterocycles. The Kier molecular flexibility index (Phi) is 35.7. The fourth-order valence-corrected chi connectivity index (χ4v) is 8.37. The van der Waals surface area contributed by atoms with Crippen LogP contribution in [0.15, 0.2) is 24.3 Å². The van der Waals surface area contributed by atoms with Gasteiger partial charge >= 0.3 is 47.8 Å². The van der Waals surface area contributed by atoms with Crippen LogP contribution in [0.25, 0.3) is 0 Å². The number of urea groups is 1. The maximum absolute atomic E-state index is 12.3. The average Bonchev–Trinajstić information content (AvgIpc) is 3.33. The molecule has 429 valence electrons. The van der Waals surface area contributed by atoms with Gasteiger partial charge in [0.15, 0.2) is 5.11 Å². The summed E-state index contributed by atoms with van der Waals surface area (Å²) in [4.78, 5) is 124. The van der Waals surface area contributed by atoms with E-state index < -0.39 is 72.4 Å². The zero-order valence-corrected chi connectivity index (χ0v) is 47.0. The van der Waals surface area contributed by atoms with Crippen LogP contribution < -0.4 is 31.9 Å². The second kappa shape index (κ2) is 39.7. The van der Waals surface area contributed by atoms with E-state index in [1.807, 2.05) is 24.3 Å². The van der Waals surface area contributed by atoms with Crippen molar-refractivity contribution in [3.63, 3.8) is 0 Å². The molecule has 2 rings (SSSR count). The number of hydrogen-bond donors (Lipinski definition) is 13. The molecule has 1 unspecified atom stereocenters. The largest absolute Gasteiger partial charge is 0.481 e. The van der Waals surface area contributed by atoms with Gasteiger partial charge in [-0.2, -0.15) is 0 Å². The Labute approximate surface area is 477 Å². The molecule has 0 saturated carbocycles. The Hall–Kier alpha value is -5.65. The Balaban J connectivity index is 0.0000296. The minimum Gasteiger partial charge on any atom is -0.481 e. The zero-order valence-electron chi connectivity index (χ0n) is 43.3. The number of benzene rings is 1. The summed E-state index contributed by atoms with van der Waals surface area (Å²) in [6.07, 6.45) is 5.06. The van der Waals surface area contributed by atoms with Gasteiger partial charge in [0.25, 0.3) is 0 Å². The minimum absolute atomic E-state index is 0. The quantitative estimate of drug-likeness (QED) is 0.0315. The van der Waals surface area contributed by atoms with E-state index >= 15 is 0 Å². The van der Waals surface area contributed by atoms with Gasteiger partial charge in [-0.1, -0.05) is 25.0 Å². The first-order valence-electron chi connectivity index (χ1n) is 25.3. The number of thiocarbonyl (C=S) groups is 1. The van der Waals surface area contributed by atoms with Crippen LogP contribution in [-0.4, -0.2) is 230 Å². The molecule has 1 aromatic carbocycles. The topological polar surface area (TPSA) is 397 Å². The maximum atomic E-state index is 12.3. The number of carbonyl (C=O) groups is 10. The predicted molar refractivity (Wildman–Crippen MR) is 278 cm³/mol. The van der Waals surface area contributed by atoms with Gasteiger partial charge in [0.2, 0.25) is 11.8 Å².